The molecule has 3 saturated heterocycles. The van der Waals surface area contributed by atoms with Crippen molar-refractivity contribution >= 4 is 39.1 Å². The number of nitrogens with one attached hydrogen (secondary N) is 1. The number of nitrogens with zero attached hydrogens (tertiary/aromatic N) is 5. The molecule has 7 rings (SSSR count). The van der Waals surface area contributed by atoms with Crippen LogP contribution < -0.4 is 15.0 Å². The Balaban J connectivity index is 1.35. The first kappa shape index (κ1) is 26.7. The van der Waals surface area contributed by atoms with Gasteiger partial charge in [0, 0.05) is 54.8 Å². The standard InChI is InChI=1S/C31H33ClF2N6O/c1-18-13-35-15-24(18)39(2)29-22-14-36-27(21-8-3-6-19-7-4-9-23(32)25(19)21)26(34)28(22)37-30(38-29)41-17-31-10-5-11-40(31)16-20(33)12-31/h3-4,6-9,14,18,20,24,35H,5,10-13,15-17H2,1-2H3/t18-,20+,24-,31-/m0/s1. The Morgan fingerprint density at radius 3 is 2.83 bits per heavy atom. The molecule has 7 nitrogen and oxygen atoms in total. The summed E-state index contributed by atoms with van der Waals surface area (Å²) in [6.07, 6.45) is 3.08. The number of alkyl halides is 1. The molecule has 3 aliphatic rings. The summed E-state index contributed by atoms with van der Waals surface area (Å²) in [4.78, 5) is 18.3. The Hall–Kier alpha value is -3.14. The summed E-state index contributed by atoms with van der Waals surface area (Å²) in [6, 6.07) is 11.5. The summed E-state index contributed by atoms with van der Waals surface area (Å²) < 4.78 is 37.2. The van der Waals surface area contributed by atoms with E-state index in [1.807, 2.05) is 37.4 Å². The molecule has 1 N–H and O–H groups in total. The van der Waals surface area contributed by atoms with Crippen molar-refractivity contribution in [2.24, 2.45) is 5.92 Å². The first-order chi connectivity index (χ1) is 19.8. The molecule has 3 fully saturated rings. The molecule has 0 spiro atoms. The first-order valence-electron chi connectivity index (χ1n) is 14.3. The molecule has 2 aromatic heterocycles. The number of pyridine rings is 1. The predicted molar refractivity (Wildman–Crippen MR) is 158 cm³/mol. The Labute approximate surface area is 242 Å². The van der Waals surface area contributed by atoms with Crippen molar-refractivity contribution in [2.75, 3.05) is 44.7 Å². The van der Waals surface area contributed by atoms with E-state index in [0.29, 0.717) is 40.7 Å². The molecule has 4 aromatic rings. The van der Waals surface area contributed by atoms with Crippen LogP contribution in [-0.2, 0) is 0 Å². The summed E-state index contributed by atoms with van der Waals surface area (Å²) in [5.74, 6) is 0.380. The van der Waals surface area contributed by atoms with Crippen LogP contribution in [0.15, 0.2) is 42.6 Å². The van der Waals surface area contributed by atoms with Gasteiger partial charge in [0.2, 0.25) is 0 Å². The number of anilines is 1. The van der Waals surface area contributed by atoms with Gasteiger partial charge in [0.1, 0.15) is 29.8 Å². The summed E-state index contributed by atoms with van der Waals surface area (Å²) in [5.41, 5.74) is 0.537. The molecule has 3 aliphatic heterocycles. The molecule has 0 amide bonds. The number of rotatable bonds is 6. The van der Waals surface area contributed by atoms with Crippen molar-refractivity contribution < 1.29 is 13.5 Å². The number of ether oxygens (including phenoxy) is 1. The second kappa shape index (κ2) is 10.3. The topological polar surface area (TPSA) is 66.4 Å². The van der Waals surface area contributed by atoms with Gasteiger partial charge >= 0.3 is 6.01 Å². The third kappa shape index (κ3) is 4.49. The van der Waals surface area contributed by atoms with E-state index >= 15 is 4.39 Å². The van der Waals surface area contributed by atoms with Crippen LogP contribution in [0, 0.1) is 11.7 Å². The maximum atomic E-state index is 16.6. The van der Waals surface area contributed by atoms with E-state index in [4.69, 9.17) is 21.3 Å². The lowest BCUT2D eigenvalue weighted by atomic mass is 9.95. The van der Waals surface area contributed by atoms with Gasteiger partial charge in [-0.1, -0.05) is 48.9 Å². The van der Waals surface area contributed by atoms with E-state index in [0.717, 1.165) is 43.2 Å². The summed E-state index contributed by atoms with van der Waals surface area (Å²) in [7, 11) is 1.97. The monoisotopic (exact) mass is 578 g/mol. The molecule has 41 heavy (non-hydrogen) atoms. The molecule has 214 valence electrons. The lowest BCUT2D eigenvalue weighted by Gasteiger charge is -2.31. The molecule has 0 bridgehead atoms. The van der Waals surface area contributed by atoms with Gasteiger partial charge in [0.15, 0.2) is 5.82 Å². The molecule has 4 atom stereocenters. The molecule has 0 aliphatic carbocycles. The number of hydrogen-bond donors (Lipinski definition) is 1. The second-order valence-electron chi connectivity index (χ2n) is 11.8. The van der Waals surface area contributed by atoms with Crippen molar-refractivity contribution in [3.63, 3.8) is 0 Å². The first-order valence-corrected chi connectivity index (χ1v) is 14.7. The highest BCUT2D eigenvalue weighted by Crippen LogP contribution is 2.41. The number of benzene rings is 2. The van der Waals surface area contributed by atoms with Gasteiger partial charge in [-0.3, -0.25) is 9.88 Å². The van der Waals surface area contributed by atoms with Gasteiger partial charge < -0.3 is 15.0 Å². The minimum absolute atomic E-state index is 0.0912. The maximum Gasteiger partial charge on any atom is 0.319 e. The van der Waals surface area contributed by atoms with Crippen molar-refractivity contribution in [1.82, 2.24) is 25.2 Å². The third-order valence-corrected chi connectivity index (χ3v) is 9.61. The molecule has 2 aromatic carbocycles. The number of fused-ring (bicyclic) bond motifs is 3. The normalized spacial score (nSPS) is 26.2. The lowest BCUT2D eigenvalue weighted by Crippen LogP contribution is -2.43. The van der Waals surface area contributed by atoms with Crippen LogP contribution in [0.25, 0.3) is 32.9 Å². The zero-order chi connectivity index (χ0) is 28.3. The van der Waals surface area contributed by atoms with Crippen LogP contribution in [0.3, 0.4) is 0 Å². The predicted octanol–water partition coefficient (Wildman–Crippen LogP) is 5.64. The largest absolute Gasteiger partial charge is 0.461 e. The molecule has 0 radical (unpaired) electrons. The highest BCUT2D eigenvalue weighted by Gasteiger charge is 2.49. The quantitative estimate of drug-likeness (QED) is 0.318. The molecular weight excluding hydrogens is 546 g/mol. The van der Waals surface area contributed by atoms with E-state index in [1.165, 1.54) is 0 Å². The smallest absolute Gasteiger partial charge is 0.319 e. The maximum absolute atomic E-state index is 16.6. The molecule has 5 heterocycles. The van der Waals surface area contributed by atoms with E-state index in [1.54, 1.807) is 12.3 Å². The van der Waals surface area contributed by atoms with E-state index in [2.05, 4.69) is 32.0 Å². The van der Waals surface area contributed by atoms with Gasteiger partial charge in [-0.2, -0.15) is 9.97 Å². The summed E-state index contributed by atoms with van der Waals surface area (Å²) >= 11 is 6.58. The van der Waals surface area contributed by atoms with Gasteiger partial charge in [-0.15, -0.1) is 0 Å². The Morgan fingerprint density at radius 2 is 2.02 bits per heavy atom. The number of likely N-dealkylation sites (N-methyl/N-ethyl adjacent to an activating group) is 1. The fraction of sp³-hybridized carbons (Fsp3) is 0.452. The van der Waals surface area contributed by atoms with Crippen LogP contribution in [0.5, 0.6) is 6.01 Å². The van der Waals surface area contributed by atoms with Crippen LogP contribution >= 0.6 is 11.6 Å². The third-order valence-electron chi connectivity index (χ3n) is 9.29. The fourth-order valence-electron chi connectivity index (χ4n) is 7.15. The average molecular weight is 579 g/mol. The molecule has 0 saturated carbocycles. The van der Waals surface area contributed by atoms with Crippen LogP contribution in [0.2, 0.25) is 5.02 Å². The minimum Gasteiger partial charge on any atom is -0.461 e. The number of hydrogen-bond acceptors (Lipinski definition) is 7. The lowest BCUT2D eigenvalue weighted by molar-refractivity contribution is 0.107. The van der Waals surface area contributed by atoms with Crippen molar-refractivity contribution in [2.45, 2.75) is 43.9 Å². The van der Waals surface area contributed by atoms with E-state index in [-0.39, 0.29) is 35.4 Å². The zero-order valence-electron chi connectivity index (χ0n) is 23.2. The Kier molecular flexibility index (Phi) is 6.71. The van der Waals surface area contributed by atoms with Crippen molar-refractivity contribution in [3.05, 3.63) is 53.4 Å². The molecular formula is C31H33ClF2N6O. The van der Waals surface area contributed by atoms with E-state index in [9.17, 15) is 4.39 Å². The fourth-order valence-corrected chi connectivity index (χ4v) is 7.44. The van der Waals surface area contributed by atoms with Gasteiger partial charge in [0.25, 0.3) is 0 Å². The zero-order valence-corrected chi connectivity index (χ0v) is 24.0. The highest BCUT2D eigenvalue weighted by atomic mass is 35.5. The second-order valence-corrected chi connectivity index (χ2v) is 12.2. The van der Waals surface area contributed by atoms with Crippen LogP contribution in [-0.4, -0.2) is 77.4 Å². The van der Waals surface area contributed by atoms with E-state index < -0.39 is 12.0 Å². The van der Waals surface area contributed by atoms with Crippen molar-refractivity contribution in [3.8, 4) is 17.3 Å². The van der Waals surface area contributed by atoms with Gasteiger partial charge in [0.05, 0.1) is 10.9 Å². The van der Waals surface area contributed by atoms with Crippen molar-refractivity contribution in [1.29, 1.82) is 0 Å². The summed E-state index contributed by atoms with van der Waals surface area (Å²) in [5, 5.41) is 6.10. The summed E-state index contributed by atoms with van der Waals surface area (Å²) in [6.45, 7) is 5.42. The SMILES string of the molecule is C[C@H]1CNC[C@@H]1N(C)c1nc(OC[C@@]23CCCN2C[C@H](F)C3)nc2c(F)c(-c3cccc4cccc(Cl)c34)ncc12. The molecule has 10 heteroatoms. The minimum atomic E-state index is -0.868. The Morgan fingerprint density at radius 1 is 1.20 bits per heavy atom. The average Bonchev–Trinajstić information content (AvgIpc) is 3.65. The van der Waals surface area contributed by atoms with Crippen LogP contribution in [0.1, 0.15) is 26.2 Å². The van der Waals surface area contributed by atoms with Gasteiger partial charge in [-0.05, 0) is 43.3 Å². The number of halogens is 3. The van der Waals surface area contributed by atoms with Gasteiger partial charge in [-0.25, -0.2) is 8.78 Å². The highest BCUT2D eigenvalue weighted by molar-refractivity contribution is 6.36. The number of aromatic nitrogens is 3. The van der Waals surface area contributed by atoms with Crippen LogP contribution in [0.4, 0.5) is 14.6 Å². The Bertz CT molecular complexity index is 1630. The molecule has 0 unspecified atom stereocenters.